The number of nitrogens with one attached hydrogen (secondary N) is 1. The van der Waals surface area contributed by atoms with E-state index >= 15 is 0 Å². The zero-order valence-corrected chi connectivity index (χ0v) is 14.6. The first-order valence-corrected chi connectivity index (χ1v) is 8.03. The highest BCUT2D eigenvalue weighted by Gasteiger charge is 2.23. The number of carbonyl (C=O) groups is 1. The average Bonchev–Trinajstić information content (AvgIpc) is 3.08. The molecule has 1 aromatic heterocycles. The Balaban J connectivity index is 1.71. The summed E-state index contributed by atoms with van der Waals surface area (Å²) in [5, 5.41) is 0. The average molecular weight is 370 g/mol. The van der Waals surface area contributed by atoms with Crippen molar-refractivity contribution < 1.29 is 28.5 Å². The first-order chi connectivity index (χ1) is 12.5. The number of aromatic amines is 1. The molecule has 26 heavy (non-hydrogen) atoms. The number of hydrogen-bond donors (Lipinski definition) is 1. The number of methoxy groups -OCH3 is 1. The number of nitrogens with zero attached hydrogens (tertiary/aromatic N) is 1. The second-order valence-corrected chi connectivity index (χ2v) is 5.44. The fraction of sp³-hybridized carbons (Fsp3) is 0.562. The lowest BCUT2D eigenvalue weighted by molar-refractivity contribution is -0.0334. The molecular weight excluding hydrogens is 348 g/mol. The summed E-state index contributed by atoms with van der Waals surface area (Å²) in [6.07, 6.45) is 2.68. The van der Waals surface area contributed by atoms with E-state index in [1.54, 1.807) is 26.2 Å². The minimum absolute atomic E-state index is 0.0621. The quantitative estimate of drug-likeness (QED) is 0.370. The van der Waals surface area contributed by atoms with Gasteiger partial charge in [0.15, 0.2) is 6.23 Å². The number of ether oxygens (including phenoxy) is 5. The van der Waals surface area contributed by atoms with Gasteiger partial charge in [-0.05, 0) is 13.0 Å². The molecule has 0 aromatic carbocycles. The Labute approximate surface area is 149 Å². The predicted octanol–water partition coefficient (Wildman–Crippen LogP) is 0.115. The molecule has 0 spiro atoms. The molecule has 1 aliphatic heterocycles. The lowest BCUT2D eigenvalue weighted by Crippen LogP contribution is -2.33. The van der Waals surface area contributed by atoms with Crippen LogP contribution in [-0.2, 0) is 23.7 Å². The molecule has 1 aliphatic rings. The fourth-order valence-electron chi connectivity index (χ4n) is 2.14. The standard InChI is InChI=1S/C16H22N2O8/c1-11-9-18(15(20)17-14(11)19)13-4-3-12(26-13)10-25-16(21)24-8-7-23-6-5-22-2/h3-4,9,12-13H,5-8,10H2,1-2H3,(H,17,19,20)/t12-,13+/m0/s1. The van der Waals surface area contributed by atoms with Crippen molar-refractivity contribution in [1.29, 1.82) is 0 Å². The van der Waals surface area contributed by atoms with Gasteiger partial charge < -0.3 is 23.7 Å². The van der Waals surface area contributed by atoms with Gasteiger partial charge in [0.25, 0.3) is 5.56 Å². The normalized spacial score (nSPS) is 18.8. The van der Waals surface area contributed by atoms with E-state index in [1.165, 1.54) is 10.8 Å². The van der Waals surface area contributed by atoms with Gasteiger partial charge in [-0.25, -0.2) is 9.59 Å². The van der Waals surface area contributed by atoms with Crippen LogP contribution >= 0.6 is 0 Å². The van der Waals surface area contributed by atoms with E-state index in [4.69, 9.17) is 23.7 Å². The molecule has 0 saturated heterocycles. The van der Waals surface area contributed by atoms with Gasteiger partial charge in [0.2, 0.25) is 0 Å². The second kappa shape index (κ2) is 9.90. The van der Waals surface area contributed by atoms with Crippen molar-refractivity contribution in [3.8, 4) is 0 Å². The molecule has 2 rings (SSSR count). The summed E-state index contributed by atoms with van der Waals surface area (Å²) in [7, 11) is 1.57. The van der Waals surface area contributed by atoms with Crippen LogP contribution in [0.15, 0.2) is 27.9 Å². The number of rotatable bonds is 9. The number of carbonyl (C=O) groups excluding carboxylic acids is 1. The van der Waals surface area contributed by atoms with Crippen LogP contribution in [0, 0.1) is 6.92 Å². The molecule has 2 atom stereocenters. The van der Waals surface area contributed by atoms with Gasteiger partial charge in [-0.3, -0.25) is 14.3 Å². The summed E-state index contributed by atoms with van der Waals surface area (Å²) in [4.78, 5) is 36.9. The Morgan fingerprint density at radius 2 is 1.96 bits per heavy atom. The van der Waals surface area contributed by atoms with E-state index in [0.717, 1.165) is 0 Å². The molecule has 0 saturated carbocycles. The third-order valence-corrected chi connectivity index (χ3v) is 3.47. The molecule has 10 heteroatoms. The maximum atomic E-state index is 11.8. The van der Waals surface area contributed by atoms with Crippen LogP contribution in [-0.4, -0.2) is 62.0 Å². The highest BCUT2D eigenvalue weighted by Crippen LogP contribution is 2.19. The van der Waals surface area contributed by atoms with E-state index < -0.39 is 29.7 Å². The molecule has 0 amide bonds. The summed E-state index contributed by atoms with van der Waals surface area (Å²) in [5.41, 5.74) is -0.635. The van der Waals surface area contributed by atoms with Gasteiger partial charge in [0.1, 0.15) is 19.3 Å². The van der Waals surface area contributed by atoms with Gasteiger partial charge in [-0.2, -0.15) is 0 Å². The lowest BCUT2D eigenvalue weighted by atomic mass is 10.3. The van der Waals surface area contributed by atoms with Crippen molar-refractivity contribution in [2.24, 2.45) is 0 Å². The highest BCUT2D eigenvalue weighted by atomic mass is 16.7. The van der Waals surface area contributed by atoms with Gasteiger partial charge in [-0.1, -0.05) is 6.08 Å². The second-order valence-electron chi connectivity index (χ2n) is 5.44. The lowest BCUT2D eigenvalue weighted by Gasteiger charge is -2.16. The summed E-state index contributed by atoms with van der Waals surface area (Å²) >= 11 is 0. The largest absolute Gasteiger partial charge is 0.508 e. The van der Waals surface area contributed by atoms with E-state index in [-0.39, 0.29) is 19.8 Å². The van der Waals surface area contributed by atoms with Crippen molar-refractivity contribution in [2.75, 3.05) is 40.1 Å². The molecule has 0 fully saturated rings. The molecule has 10 nitrogen and oxygen atoms in total. The first-order valence-electron chi connectivity index (χ1n) is 8.03. The van der Waals surface area contributed by atoms with Gasteiger partial charge in [0.05, 0.1) is 19.8 Å². The number of aryl methyl sites for hydroxylation is 1. The summed E-state index contributed by atoms with van der Waals surface area (Å²) in [5.74, 6) is 0. The minimum atomic E-state index is -0.835. The fourth-order valence-corrected chi connectivity index (χ4v) is 2.14. The van der Waals surface area contributed by atoms with Gasteiger partial charge in [0, 0.05) is 18.9 Å². The number of hydrogen-bond acceptors (Lipinski definition) is 8. The Hall–Kier alpha value is -2.43. The van der Waals surface area contributed by atoms with E-state index in [2.05, 4.69) is 4.98 Å². The highest BCUT2D eigenvalue weighted by molar-refractivity contribution is 5.59. The molecule has 0 bridgehead atoms. The van der Waals surface area contributed by atoms with Crippen LogP contribution in [0.3, 0.4) is 0 Å². The summed E-state index contributed by atoms with van der Waals surface area (Å²) in [6, 6.07) is 0. The molecule has 0 radical (unpaired) electrons. The Kier molecular flexibility index (Phi) is 7.57. The van der Waals surface area contributed by atoms with Crippen molar-refractivity contribution >= 4 is 6.16 Å². The van der Waals surface area contributed by atoms with Crippen molar-refractivity contribution in [2.45, 2.75) is 19.3 Å². The van der Waals surface area contributed by atoms with Gasteiger partial charge >= 0.3 is 11.8 Å². The molecule has 1 N–H and O–H groups in total. The van der Waals surface area contributed by atoms with Crippen molar-refractivity contribution in [1.82, 2.24) is 9.55 Å². The van der Waals surface area contributed by atoms with E-state index in [1.807, 2.05) is 0 Å². The zero-order chi connectivity index (χ0) is 18.9. The Morgan fingerprint density at radius 3 is 2.73 bits per heavy atom. The van der Waals surface area contributed by atoms with Gasteiger partial charge in [-0.15, -0.1) is 0 Å². The first kappa shape index (κ1) is 19.9. The molecular formula is C16H22N2O8. The van der Waals surface area contributed by atoms with Crippen LogP contribution in [0.2, 0.25) is 0 Å². The smallest absolute Gasteiger partial charge is 0.432 e. The van der Waals surface area contributed by atoms with E-state index in [0.29, 0.717) is 18.8 Å². The van der Waals surface area contributed by atoms with Crippen LogP contribution < -0.4 is 11.2 Å². The van der Waals surface area contributed by atoms with Crippen LogP contribution in [0.4, 0.5) is 4.79 Å². The topological polar surface area (TPSA) is 118 Å². The van der Waals surface area contributed by atoms with Crippen LogP contribution in [0.1, 0.15) is 11.8 Å². The maximum absolute atomic E-state index is 11.8. The molecule has 0 aliphatic carbocycles. The zero-order valence-electron chi connectivity index (χ0n) is 14.6. The summed E-state index contributed by atoms with van der Waals surface area (Å²) < 4.78 is 26.6. The third kappa shape index (κ3) is 5.83. The Bertz CT molecular complexity index is 739. The third-order valence-electron chi connectivity index (χ3n) is 3.47. The maximum Gasteiger partial charge on any atom is 0.508 e. The number of aromatic nitrogens is 2. The molecule has 1 aromatic rings. The molecule has 144 valence electrons. The van der Waals surface area contributed by atoms with Crippen molar-refractivity contribution in [3.05, 3.63) is 44.8 Å². The Morgan fingerprint density at radius 1 is 1.19 bits per heavy atom. The minimum Gasteiger partial charge on any atom is -0.432 e. The van der Waals surface area contributed by atoms with Crippen molar-refractivity contribution in [3.63, 3.8) is 0 Å². The monoisotopic (exact) mass is 370 g/mol. The number of H-pyrrole nitrogens is 1. The SMILES string of the molecule is COCCOCCOC(=O)OC[C@@H]1C=C[C@H](n2cc(C)c(=O)[nH]c2=O)O1. The van der Waals surface area contributed by atoms with E-state index in [9.17, 15) is 14.4 Å². The predicted molar refractivity (Wildman–Crippen MR) is 89.1 cm³/mol. The van der Waals surface area contributed by atoms with Crippen LogP contribution in [0.25, 0.3) is 0 Å². The summed E-state index contributed by atoms with van der Waals surface area (Å²) in [6.45, 7) is 2.72. The molecule has 0 unspecified atom stereocenters. The molecule has 2 heterocycles. The van der Waals surface area contributed by atoms with Crippen LogP contribution in [0.5, 0.6) is 0 Å².